The first-order valence-corrected chi connectivity index (χ1v) is 13.5. The molecule has 0 amide bonds. The Bertz CT molecular complexity index is 1130. The number of anilines is 2. The molecule has 0 spiro atoms. The maximum atomic E-state index is 6.18. The second-order valence-electron chi connectivity index (χ2n) is 9.94. The fourth-order valence-electron chi connectivity index (χ4n) is 5.74. The molecule has 0 radical (unpaired) electrons. The van der Waals surface area contributed by atoms with Crippen molar-refractivity contribution in [1.82, 2.24) is 0 Å². The number of hydrogen-bond donors (Lipinski definition) is 2. The highest BCUT2D eigenvalue weighted by Crippen LogP contribution is 2.52. The molecule has 0 heterocycles. The van der Waals surface area contributed by atoms with Gasteiger partial charge in [0.2, 0.25) is 0 Å². The van der Waals surface area contributed by atoms with Crippen molar-refractivity contribution in [3.05, 3.63) is 131 Å². The fraction of sp³-hybridized carbons (Fsp3) is 0.294. The van der Waals surface area contributed by atoms with Gasteiger partial charge in [0.1, 0.15) is 0 Å². The average molecular weight is 477 g/mol. The van der Waals surface area contributed by atoms with E-state index >= 15 is 0 Å². The Labute approximate surface area is 217 Å². The second kappa shape index (κ2) is 12.4. The molecule has 0 aromatic heterocycles. The van der Waals surface area contributed by atoms with E-state index in [4.69, 9.17) is 11.5 Å². The van der Waals surface area contributed by atoms with E-state index in [1.807, 2.05) is 24.3 Å². The molecule has 2 nitrogen and oxygen atoms in total. The van der Waals surface area contributed by atoms with Crippen molar-refractivity contribution in [2.24, 2.45) is 0 Å². The van der Waals surface area contributed by atoms with Crippen LogP contribution in [0.25, 0.3) is 0 Å². The second-order valence-corrected chi connectivity index (χ2v) is 9.94. The average Bonchev–Trinajstić information content (AvgIpc) is 2.92. The van der Waals surface area contributed by atoms with E-state index in [0.717, 1.165) is 17.8 Å². The van der Waals surface area contributed by atoms with E-state index in [9.17, 15) is 0 Å². The van der Waals surface area contributed by atoms with Crippen molar-refractivity contribution in [3.8, 4) is 0 Å². The van der Waals surface area contributed by atoms with Gasteiger partial charge in [-0.15, -0.1) is 0 Å². The quantitative estimate of drug-likeness (QED) is 0.122. The predicted molar refractivity (Wildman–Crippen MR) is 155 cm³/mol. The van der Waals surface area contributed by atoms with Crippen LogP contribution in [0, 0.1) is 0 Å². The van der Waals surface area contributed by atoms with Gasteiger partial charge >= 0.3 is 0 Å². The number of nitrogens with two attached hydrogens (primary N) is 2. The van der Waals surface area contributed by atoms with Crippen molar-refractivity contribution in [2.45, 2.75) is 63.2 Å². The maximum absolute atomic E-state index is 6.18. The lowest BCUT2D eigenvalue weighted by Crippen LogP contribution is -2.37. The van der Waals surface area contributed by atoms with Crippen LogP contribution in [-0.2, 0) is 5.41 Å². The minimum absolute atomic E-state index is 0.234. The van der Waals surface area contributed by atoms with Gasteiger partial charge in [0.25, 0.3) is 0 Å². The summed E-state index contributed by atoms with van der Waals surface area (Å²) in [5, 5.41) is 0. The van der Waals surface area contributed by atoms with Crippen molar-refractivity contribution in [2.75, 3.05) is 11.5 Å². The minimum Gasteiger partial charge on any atom is -0.399 e. The summed E-state index contributed by atoms with van der Waals surface area (Å²) in [5.74, 6) is 0.234. The van der Waals surface area contributed by atoms with E-state index in [1.54, 1.807) is 0 Å². The molecule has 4 aromatic carbocycles. The molecule has 0 fully saturated rings. The van der Waals surface area contributed by atoms with Crippen molar-refractivity contribution >= 4 is 11.4 Å². The van der Waals surface area contributed by atoms with Gasteiger partial charge in [0.05, 0.1) is 5.41 Å². The summed E-state index contributed by atoms with van der Waals surface area (Å²) in [7, 11) is 0. The highest BCUT2D eigenvalue weighted by molar-refractivity contribution is 5.57. The summed E-state index contributed by atoms with van der Waals surface area (Å²) in [4.78, 5) is 0. The van der Waals surface area contributed by atoms with Crippen LogP contribution in [0.1, 0.15) is 80.0 Å². The molecule has 4 N–H and O–H groups in total. The third-order valence-corrected chi connectivity index (χ3v) is 7.53. The molecule has 0 aliphatic carbocycles. The molecule has 4 aromatic rings. The molecule has 186 valence electrons. The van der Waals surface area contributed by atoms with E-state index in [2.05, 4.69) is 91.9 Å². The van der Waals surface area contributed by atoms with E-state index in [1.165, 1.54) is 60.8 Å². The van der Waals surface area contributed by atoms with Crippen molar-refractivity contribution in [1.29, 1.82) is 0 Å². The van der Waals surface area contributed by atoms with Crippen molar-refractivity contribution < 1.29 is 0 Å². The van der Waals surface area contributed by atoms with Crippen LogP contribution >= 0.6 is 0 Å². The van der Waals surface area contributed by atoms with Crippen LogP contribution in [0.2, 0.25) is 0 Å². The summed E-state index contributed by atoms with van der Waals surface area (Å²) < 4.78 is 0. The first-order chi connectivity index (χ1) is 17.7. The maximum Gasteiger partial charge on any atom is 0.0519 e. The molecule has 4 rings (SSSR count). The lowest BCUT2D eigenvalue weighted by molar-refractivity contribution is 0.428. The molecule has 0 bridgehead atoms. The monoisotopic (exact) mass is 476 g/mol. The number of rotatable bonds is 12. The van der Waals surface area contributed by atoms with Crippen LogP contribution in [0.4, 0.5) is 11.4 Å². The largest absolute Gasteiger partial charge is 0.399 e. The molecule has 0 aliphatic heterocycles. The van der Waals surface area contributed by atoms with Gasteiger partial charge < -0.3 is 11.5 Å². The third kappa shape index (κ3) is 5.65. The molecular weight excluding hydrogens is 436 g/mol. The topological polar surface area (TPSA) is 52.0 Å². The van der Waals surface area contributed by atoms with Gasteiger partial charge in [0, 0.05) is 17.3 Å². The zero-order valence-electron chi connectivity index (χ0n) is 21.6. The van der Waals surface area contributed by atoms with Crippen LogP contribution < -0.4 is 11.5 Å². The Kier molecular flexibility index (Phi) is 8.84. The van der Waals surface area contributed by atoms with Gasteiger partial charge in [-0.2, -0.15) is 0 Å². The highest BCUT2D eigenvalue weighted by atomic mass is 14.6. The summed E-state index contributed by atoms with van der Waals surface area (Å²) >= 11 is 0. The van der Waals surface area contributed by atoms with Gasteiger partial charge in [-0.3, -0.25) is 0 Å². The van der Waals surface area contributed by atoms with Crippen LogP contribution in [0.15, 0.2) is 109 Å². The Hall–Kier alpha value is -3.52. The lowest BCUT2D eigenvalue weighted by Gasteiger charge is -2.43. The molecule has 2 heteroatoms. The van der Waals surface area contributed by atoms with E-state index in [-0.39, 0.29) is 11.3 Å². The normalized spacial score (nSPS) is 12.4. The smallest absolute Gasteiger partial charge is 0.0519 e. The van der Waals surface area contributed by atoms with Gasteiger partial charge in [0.15, 0.2) is 0 Å². The Morgan fingerprint density at radius 3 is 1.50 bits per heavy atom. The minimum atomic E-state index is -0.365. The molecule has 0 saturated heterocycles. The molecule has 1 atom stereocenters. The number of nitrogen functional groups attached to an aromatic ring is 2. The molecular formula is C34H40N2. The Morgan fingerprint density at radius 1 is 0.528 bits per heavy atom. The molecule has 1 unspecified atom stereocenters. The standard InChI is InChI=1S/C34H40N2/c1-2-3-4-5-6-13-18-33(27-19-23-31(35)24-20-27)34(28-14-9-7-10-15-28,29-16-11-8-12-17-29)30-21-25-32(36)26-22-30/h7-12,14-17,19-26,33H,2-6,13,18,35-36H2,1H3. The number of benzene rings is 4. The molecule has 0 saturated carbocycles. The summed E-state index contributed by atoms with van der Waals surface area (Å²) in [6.07, 6.45) is 8.75. The molecule has 0 aliphatic rings. The Balaban J connectivity index is 1.91. The summed E-state index contributed by atoms with van der Waals surface area (Å²) in [5.41, 5.74) is 18.7. The van der Waals surface area contributed by atoms with Crippen molar-refractivity contribution in [3.63, 3.8) is 0 Å². The first kappa shape index (κ1) is 25.6. The Morgan fingerprint density at radius 2 is 0.972 bits per heavy atom. The first-order valence-electron chi connectivity index (χ1n) is 13.5. The van der Waals surface area contributed by atoms with Gasteiger partial charge in [-0.25, -0.2) is 0 Å². The zero-order chi connectivity index (χ0) is 25.2. The van der Waals surface area contributed by atoms with E-state index < -0.39 is 0 Å². The predicted octanol–water partition coefficient (Wildman–Crippen LogP) is 8.72. The lowest BCUT2D eigenvalue weighted by atomic mass is 9.58. The highest BCUT2D eigenvalue weighted by Gasteiger charge is 2.44. The van der Waals surface area contributed by atoms with Gasteiger partial charge in [-0.1, -0.05) is 130 Å². The van der Waals surface area contributed by atoms with Crippen LogP contribution in [-0.4, -0.2) is 0 Å². The fourth-order valence-corrected chi connectivity index (χ4v) is 5.74. The summed E-state index contributed by atoms with van der Waals surface area (Å²) in [6.45, 7) is 2.28. The summed E-state index contributed by atoms with van der Waals surface area (Å²) in [6, 6.07) is 39.1. The van der Waals surface area contributed by atoms with E-state index in [0.29, 0.717) is 0 Å². The number of hydrogen-bond acceptors (Lipinski definition) is 2. The SMILES string of the molecule is CCCCCCCCC(c1ccc(N)cc1)C(c1ccccc1)(c1ccccc1)c1ccc(N)cc1. The van der Waals surface area contributed by atoms with Gasteiger partial charge in [-0.05, 0) is 52.9 Å². The van der Waals surface area contributed by atoms with Crippen LogP contribution in [0.5, 0.6) is 0 Å². The third-order valence-electron chi connectivity index (χ3n) is 7.53. The van der Waals surface area contributed by atoms with Crippen LogP contribution in [0.3, 0.4) is 0 Å². The molecule has 36 heavy (non-hydrogen) atoms. The number of unbranched alkanes of at least 4 members (excludes halogenated alkanes) is 5. The zero-order valence-corrected chi connectivity index (χ0v) is 21.6.